The van der Waals surface area contributed by atoms with Crippen LogP contribution in [0.1, 0.15) is 20.8 Å². The first-order valence-corrected chi connectivity index (χ1v) is 15.4. The number of nitrogens with two attached hydrogens (primary N) is 3. The Balaban J connectivity index is -0.000000613. The van der Waals surface area contributed by atoms with Gasteiger partial charge in [-0.2, -0.15) is 31.1 Å². The molecular weight excluding hydrogens is 843 g/mol. The molecule has 6 heterocycles. The Labute approximate surface area is 327 Å². The van der Waals surface area contributed by atoms with E-state index in [1.54, 1.807) is 73.6 Å². The van der Waals surface area contributed by atoms with Gasteiger partial charge < -0.3 is 17.2 Å². The zero-order valence-corrected chi connectivity index (χ0v) is 30.8. The van der Waals surface area contributed by atoms with Crippen LogP contribution in [-0.4, -0.2) is 90.5 Å². The van der Waals surface area contributed by atoms with Gasteiger partial charge >= 0.3 is 17.1 Å². The van der Waals surface area contributed by atoms with Gasteiger partial charge in [0.05, 0.1) is 18.2 Å². The molecule has 0 saturated heterocycles. The van der Waals surface area contributed by atoms with E-state index in [1.807, 2.05) is 0 Å². The molecule has 35 heteroatoms. The van der Waals surface area contributed by atoms with Crippen molar-refractivity contribution in [2.75, 3.05) is 17.2 Å². The maximum Gasteiger partial charge on any atom is 2.00 e. The molecule has 0 unspecified atom stereocenters. The third-order valence-electron chi connectivity index (χ3n) is 3.58. The number of nitrogens with zero attached hydrogens (tertiary/aromatic N) is 21. The summed E-state index contributed by atoms with van der Waals surface area (Å²) in [5, 5.41) is 76.8. The standard InChI is InChI=1S/3C5H5N7.3C2H3N.2ClHO4.Fe/c3*6-4-8-10-5(11-9-4)12-3-1-2-7-12;3*1-2-3;2*2-1(3,4)5;/h3*1-3H,(H2,6,8,9);3*1H3;2*(H,2,3,4,5);/q;;;;;;;;+2/p-2. The van der Waals surface area contributed by atoms with Crippen molar-refractivity contribution in [2.45, 2.75) is 20.8 Å². The van der Waals surface area contributed by atoms with Gasteiger partial charge in [0.1, 0.15) is 0 Å². The molecule has 0 aliphatic rings. The molecule has 0 aliphatic heterocycles. The van der Waals surface area contributed by atoms with Crippen molar-refractivity contribution in [1.29, 1.82) is 15.8 Å². The SMILES string of the molecule is CC#N.CC#N.CC#N.Nc1nnc(-n2cccn2)nn1.Nc1nnc(-n2cccn2)nn1.Nc1nnc(-n2cccn2)nn1.[Fe+2].[O-][Cl+3]([O-])([O-])[O-].[O-][Cl+3]([O-])([O-])[O-]. The van der Waals surface area contributed by atoms with E-state index in [9.17, 15) is 0 Å². The zero-order chi connectivity index (χ0) is 42.3. The predicted octanol–water partition coefficient (Wildman–Crippen LogP) is -10.8. The van der Waals surface area contributed by atoms with Crippen LogP contribution in [0.15, 0.2) is 55.4 Å². The Kier molecular flexibility index (Phi) is 29.2. The summed E-state index contributed by atoms with van der Waals surface area (Å²) in [7, 11) is -9.89. The predicted molar refractivity (Wildman–Crippen MR) is 151 cm³/mol. The van der Waals surface area contributed by atoms with Crippen molar-refractivity contribution < 1.29 is 74.8 Å². The average Bonchev–Trinajstić information content (AvgIpc) is 3.91. The number of halogens is 2. The van der Waals surface area contributed by atoms with Crippen LogP contribution in [0.3, 0.4) is 0 Å². The Morgan fingerprint density at radius 2 is 0.607 bits per heavy atom. The van der Waals surface area contributed by atoms with Crippen LogP contribution in [0.4, 0.5) is 17.8 Å². The molecule has 56 heavy (non-hydrogen) atoms. The fourth-order valence-corrected chi connectivity index (χ4v) is 2.13. The molecule has 6 N–H and O–H groups in total. The largest absolute Gasteiger partial charge is 2.00 e. The molecule has 32 nitrogen and oxygen atoms in total. The molecule has 0 fully saturated rings. The summed E-state index contributed by atoms with van der Waals surface area (Å²) in [5.74, 6) is 1.04. The van der Waals surface area contributed by atoms with Gasteiger partial charge in [0.15, 0.2) is 0 Å². The molecule has 6 aromatic heterocycles. The molecule has 0 atom stereocenters. The number of hydrogen-bond acceptors (Lipinski definition) is 29. The van der Waals surface area contributed by atoms with E-state index < -0.39 is 20.5 Å². The van der Waals surface area contributed by atoms with Crippen molar-refractivity contribution in [2.24, 2.45) is 0 Å². The summed E-state index contributed by atoms with van der Waals surface area (Å²) in [6.07, 6.45) is 9.90. The molecule has 6 rings (SSSR count). The van der Waals surface area contributed by atoms with Gasteiger partial charge in [-0.25, -0.2) is 51.3 Å². The first-order chi connectivity index (χ1) is 25.8. The fourth-order valence-electron chi connectivity index (χ4n) is 2.13. The van der Waals surface area contributed by atoms with Gasteiger partial charge in [0.25, 0.3) is 35.7 Å². The van der Waals surface area contributed by atoms with Crippen LogP contribution >= 0.6 is 0 Å². The van der Waals surface area contributed by atoms with Crippen LogP contribution in [0.2, 0.25) is 0 Å². The first-order valence-electron chi connectivity index (χ1n) is 13.0. The summed E-state index contributed by atoms with van der Waals surface area (Å²) in [6.45, 7) is 4.29. The van der Waals surface area contributed by atoms with E-state index in [1.165, 1.54) is 34.8 Å². The molecule has 0 aromatic carbocycles. The number of anilines is 3. The number of nitrogen functional groups attached to an aromatic ring is 3. The van der Waals surface area contributed by atoms with Crippen molar-refractivity contribution in [1.82, 2.24) is 90.5 Å². The minimum Gasteiger partial charge on any atom is -0.365 e. The van der Waals surface area contributed by atoms with Crippen LogP contribution < -0.4 is 54.5 Å². The second kappa shape index (κ2) is 30.5. The summed E-state index contributed by atoms with van der Waals surface area (Å²) in [4.78, 5) is 0. The van der Waals surface area contributed by atoms with Gasteiger partial charge in [-0.05, 0) is 18.2 Å². The van der Waals surface area contributed by atoms with Crippen molar-refractivity contribution in [3.05, 3.63) is 55.4 Å². The van der Waals surface area contributed by atoms with Crippen LogP contribution in [-0.2, 0) is 17.1 Å². The van der Waals surface area contributed by atoms with E-state index in [0.29, 0.717) is 17.8 Å². The maximum absolute atomic E-state index is 8.49. The third-order valence-corrected chi connectivity index (χ3v) is 3.58. The van der Waals surface area contributed by atoms with E-state index in [4.69, 9.17) is 70.3 Å². The molecule has 6 aromatic rings. The quantitative estimate of drug-likeness (QED) is 0.139. The van der Waals surface area contributed by atoms with Crippen LogP contribution in [0.5, 0.6) is 0 Å². The number of aromatic nitrogens is 18. The first kappa shape index (κ1) is 53.5. The van der Waals surface area contributed by atoms with Crippen molar-refractivity contribution in [3.8, 4) is 36.1 Å². The van der Waals surface area contributed by atoms with Gasteiger partial charge in [0, 0.05) is 58.0 Å². The molecule has 0 aliphatic carbocycles. The maximum atomic E-state index is 8.49. The van der Waals surface area contributed by atoms with E-state index in [-0.39, 0.29) is 34.9 Å². The Bertz CT molecular complexity index is 1700. The minimum atomic E-state index is -4.94. The van der Waals surface area contributed by atoms with Crippen molar-refractivity contribution >= 4 is 17.8 Å². The van der Waals surface area contributed by atoms with E-state index in [2.05, 4.69) is 76.5 Å². The fraction of sp³-hybridized carbons (Fsp3) is 0.143. The Morgan fingerprint density at radius 1 is 0.446 bits per heavy atom. The molecule has 0 saturated carbocycles. The Morgan fingerprint density at radius 3 is 0.732 bits per heavy atom. The monoisotopic (exact) mass is 866 g/mol. The summed E-state index contributed by atoms with van der Waals surface area (Å²) in [6, 6.07) is 10.5. The molecule has 0 radical (unpaired) electrons. The second-order valence-corrected chi connectivity index (χ2v) is 8.97. The minimum absolute atomic E-state index is 0. The Hall–Kier alpha value is -6.90. The zero-order valence-electron chi connectivity index (χ0n) is 28.2. The summed E-state index contributed by atoms with van der Waals surface area (Å²) < 4.78 is 72.3. The van der Waals surface area contributed by atoms with E-state index >= 15 is 0 Å². The molecule has 0 amide bonds. The molecular formula is C21H24Cl2FeN24O8. The summed E-state index contributed by atoms with van der Waals surface area (Å²) >= 11 is 0. The number of nitriles is 3. The second-order valence-electron chi connectivity index (χ2n) is 7.45. The van der Waals surface area contributed by atoms with Crippen LogP contribution in [0, 0.1) is 54.5 Å². The van der Waals surface area contributed by atoms with Gasteiger partial charge in [0.2, 0.25) is 0 Å². The van der Waals surface area contributed by atoms with Gasteiger partial charge in [-0.15, -0.1) is 81.7 Å². The van der Waals surface area contributed by atoms with Crippen molar-refractivity contribution in [3.63, 3.8) is 0 Å². The normalized spacial score (nSPS) is 9.00. The number of hydrogen-bond donors (Lipinski definition) is 3. The third kappa shape index (κ3) is 31.8. The van der Waals surface area contributed by atoms with Gasteiger partial charge in [-0.3, -0.25) is 0 Å². The average molecular weight is 867 g/mol. The van der Waals surface area contributed by atoms with Gasteiger partial charge in [-0.1, -0.05) is 0 Å². The number of rotatable bonds is 3. The smallest absolute Gasteiger partial charge is 0.365 e. The molecule has 0 bridgehead atoms. The molecule has 298 valence electrons. The van der Waals surface area contributed by atoms with Crippen LogP contribution in [0.25, 0.3) is 17.8 Å². The summed E-state index contributed by atoms with van der Waals surface area (Å²) in [5.41, 5.74) is 15.6. The topological polar surface area (TPSA) is 542 Å². The molecule has 0 spiro atoms. The van der Waals surface area contributed by atoms with E-state index in [0.717, 1.165) is 0 Å².